The van der Waals surface area contributed by atoms with Gasteiger partial charge in [0.05, 0.1) is 32.6 Å². The maximum absolute atomic E-state index is 14.4. The van der Waals surface area contributed by atoms with Crippen molar-refractivity contribution in [2.75, 3.05) is 29.4 Å². The van der Waals surface area contributed by atoms with Gasteiger partial charge in [-0.3, -0.25) is 0 Å². The topological polar surface area (TPSA) is 71.3 Å². The van der Waals surface area contributed by atoms with Gasteiger partial charge < -0.3 is 9.80 Å². The number of aromatic nitrogens is 3. The Morgan fingerprint density at radius 1 is 1.11 bits per heavy atom. The van der Waals surface area contributed by atoms with Gasteiger partial charge in [0, 0.05) is 25.7 Å². The van der Waals surface area contributed by atoms with Gasteiger partial charge in [-0.25, -0.2) is 9.37 Å². The van der Waals surface area contributed by atoms with Gasteiger partial charge in [-0.05, 0) is 38.0 Å². The van der Waals surface area contributed by atoms with Crippen LogP contribution < -0.4 is 9.80 Å². The molecule has 0 bridgehead atoms. The van der Waals surface area contributed by atoms with Crippen LogP contribution >= 0.6 is 34.5 Å². The number of hydrogen-bond donors (Lipinski definition) is 0. The normalized spacial score (nSPS) is 17.5. The molecule has 182 valence electrons. The van der Waals surface area contributed by atoms with E-state index in [2.05, 4.69) is 19.9 Å². The van der Waals surface area contributed by atoms with Crippen LogP contribution in [0.1, 0.15) is 18.4 Å². The van der Waals surface area contributed by atoms with Crippen molar-refractivity contribution in [2.24, 2.45) is 0 Å². The molecule has 0 unspecified atom stereocenters. The number of anilines is 2. The predicted molar refractivity (Wildman–Crippen MR) is 137 cm³/mol. The molecule has 0 amide bonds. The largest absolute Gasteiger partial charge is 0.345 e. The molecule has 12 heteroatoms. The van der Waals surface area contributed by atoms with Crippen molar-refractivity contribution in [3.8, 4) is 0 Å². The number of rotatable bonds is 4. The van der Waals surface area contributed by atoms with Crippen molar-refractivity contribution in [2.45, 2.75) is 30.2 Å². The molecule has 2 fully saturated rings. The summed E-state index contributed by atoms with van der Waals surface area (Å²) in [7, 11) is -4.08. The van der Waals surface area contributed by atoms with E-state index in [0.717, 1.165) is 27.6 Å². The van der Waals surface area contributed by atoms with E-state index in [-0.39, 0.29) is 21.0 Å². The fourth-order valence-corrected chi connectivity index (χ4v) is 7.22. The quantitative estimate of drug-likeness (QED) is 0.340. The van der Waals surface area contributed by atoms with Gasteiger partial charge >= 0.3 is 0 Å². The van der Waals surface area contributed by atoms with Crippen LogP contribution in [0.4, 0.5) is 15.3 Å². The number of piperazine rings is 1. The molecule has 3 heterocycles. The van der Waals surface area contributed by atoms with Crippen LogP contribution in [0, 0.1) is 12.7 Å². The molecular weight excluding hydrogens is 532 g/mol. The Bertz CT molecular complexity index is 1560. The highest BCUT2D eigenvalue weighted by Gasteiger charge is 2.53. The minimum absolute atomic E-state index is 0.0750. The Labute approximate surface area is 215 Å². The average Bonchev–Trinajstić information content (AvgIpc) is 3.24. The van der Waals surface area contributed by atoms with Crippen molar-refractivity contribution in [1.29, 1.82) is 0 Å². The van der Waals surface area contributed by atoms with Gasteiger partial charge in [-0.1, -0.05) is 52.2 Å². The monoisotopic (exact) mass is 551 g/mol. The summed E-state index contributed by atoms with van der Waals surface area (Å²) in [4.78, 5) is 8.82. The molecule has 2 aromatic carbocycles. The second-order valence-electron chi connectivity index (χ2n) is 9.01. The van der Waals surface area contributed by atoms with Crippen molar-refractivity contribution in [3.05, 3.63) is 63.3 Å². The van der Waals surface area contributed by atoms with Gasteiger partial charge in [0.2, 0.25) is 0 Å². The first-order valence-electron chi connectivity index (χ1n) is 11.0. The Morgan fingerprint density at radius 3 is 2.51 bits per heavy atom. The number of fused-ring (bicyclic) bond motifs is 1. The number of hydrogen-bond acceptors (Lipinski definition) is 7. The first kappa shape index (κ1) is 23.0. The van der Waals surface area contributed by atoms with E-state index in [0.29, 0.717) is 35.2 Å². The summed E-state index contributed by atoms with van der Waals surface area (Å²) < 4.78 is 43.1. The van der Waals surface area contributed by atoms with E-state index in [1.165, 1.54) is 35.6 Å². The second-order valence-corrected chi connectivity index (χ2v) is 12.8. The number of benzene rings is 2. The first-order valence-corrected chi connectivity index (χ1v) is 14.0. The van der Waals surface area contributed by atoms with E-state index >= 15 is 0 Å². The molecule has 0 radical (unpaired) electrons. The van der Waals surface area contributed by atoms with Crippen LogP contribution in [-0.4, -0.2) is 47.8 Å². The highest BCUT2D eigenvalue weighted by molar-refractivity contribution is 7.90. The molecule has 1 aliphatic heterocycles. The zero-order valence-electron chi connectivity index (χ0n) is 18.6. The molecule has 7 nitrogen and oxygen atoms in total. The third-order valence-corrected chi connectivity index (χ3v) is 9.74. The Morgan fingerprint density at radius 2 is 1.86 bits per heavy atom. The van der Waals surface area contributed by atoms with Gasteiger partial charge in [0.25, 0.3) is 10.0 Å². The summed E-state index contributed by atoms with van der Waals surface area (Å²) in [6.07, 6.45) is 3.48. The summed E-state index contributed by atoms with van der Waals surface area (Å²) in [5.41, 5.74) is 0.822. The lowest BCUT2D eigenvalue weighted by atomic mass is 10.1. The zero-order chi connectivity index (χ0) is 24.5. The molecule has 35 heavy (non-hydrogen) atoms. The maximum Gasteiger partial charge on any atom is 0.283 e. The van der Waals surface area contributed by atoms with Crippen molar-refractivity contribution < 1.29 is 12.8 Å². The molecule has 6 rings (SSSR count). The number of nitrogens with zero attached hydrogens (tertiary/aromatic N) is 5. The van der Waals surface area contributed by atoms with E-state index in [1.807, 2.05) is 6.92 Å². The molecule has 1 saturated heterocycles. The minimum Gasteiger partial charge on any atom is -0.345 e. The fraction of sp³-hybridized carbons (Fsp3) is 0.304. The molecule has 1 spiro atoms. The average molecular weight is 552 g/mol. The van der Waals surface area contributed by atoms with Crippen molar-refractivity contribution >= 4 is 66.4 Å². The van der Waals surface area contributed by atoms with Crippen LogP contribution in [0.2, 0.25) is 9.36 Å². The number of halogens is 3. The Hall–Kier alpha value is -2.40. The van der Waals surface area contributed by atoms with E-state index < -0.39 is 15.8 Å². The zero-order valence-corrected chi connectivity index (χ0v) is 21.7. The lowest BCUT2D eigenvalue weighted by molar-refractivity contribution is 0.504. The molecule has 4 aromatic rings. The Kier molecular flexibility index (Phi) is 5.30. The molecule has 0 N–H and O–H groups in total. The lowest BCUT2D eigenvalue weighted by Gasteiger charge is -2.42. The molecule has 1 saturated carbocycles. The maximum atomic E-state index is 14.4. The number of aryl methyl sites for hydroxylation is 1. The molecule has 0 atom stereocenters. The minimum atomic E-state index is -4.08. The molecule has 2 aromatic heterocycles. The van der Waals surface area contributed by atoms with Crippen molar-refractivity contribution in [3.63, 3.8) is 0 Å². The highest BCUT2D eigenvalue weighted by Crippen LogP contribution is 2.49. The molecule has 2 aliphatic rings. The summed E-state index contributed by atoms with van der Waals surface area (Å²) in [6.45, 7) is 3.82. The first-order chi connectivity index (χ1) is 16.7. The fourth-order valence-electron chi connectivity index (χ4n) is 4.74. The van der Waals surface area contributed by atoms with Crippen LogP contribution in [-0.2, 0) is 10.0 Å². The molecular formula is C23H20Cl2FN5O2S2. The van der Waals surface area contributed by atoms with E-state index in [1.54, 1.807) is 18.3 Å². The Balaban J connectivity index is 1.47. The standard InChI is InChI=1S/C23H20Cl2FN5O2S2/c1-14-2-4-16(5-3-14)35(32,33)31-18-11-15(26)10-17(24)20(18)21(28-31)30-9-8-29(13-23(30)6-7-23)22-27-12-19(25)34-22/h2-5,10-12H,6-9,13H2,1H3. The SMILES string of the molecule is Cc1ccc(S(=O)(=O)n2nc(N3CCN(c4ncc(Cl)s4)CC34CC4)c3c(Cl)cc(F)cc32)cc1. The summed E-state index contributed by atoms with van der Waals surface area (Å²) in [6, 6.07) is 8.87. The van der Waals surface area contributed by atoms with Gasteiger partial charge in [-0.2, -0.15) is 12.5 Å². The summed E-state index contributed by atoms with van der Waals surface area (Å²) in [5.74, 6) is -0.170. The highest BCUT2D eigenvalue weighted by atomic mass is 35.5. The van der Waals surface area contributed by atoms with E-state index in [9.17, 15) is 12.8 Å². The smallest absolute Gasteiger partial charge is 0.283 e. The van der Waals surface area contributed by atoms with E-state index in [4.69, 9.17) is 23.2 Å². The lowest BCUT2D eigenvalue weighted by Crippen LogP contribution is -2.55. The summed E-state index contributed by atoms with van der Waals surface area (Å²) >= 11 is 14.0. The van der Waals surface area contributed by atoms with Gasteiger partial charge in [0.1, 0.15) is 10.2 Å². The van der Waals surface area contributed by atoms with Crippen LogP contribution in [0.5, 0.6) is 0 Å². The predicted octanol–water partition coefficient (Wildman–Crippen LogP) is 5.34. The van der Waals surface area contributed by atoms with Gasteiger partial charge in [-0.15, -0.1) is 5.10 Å². The summed E-state index contributed by atoms with van der Waals surface area (Å²) in [5, 5.41) is 5.99. The third-order valence-electron chi connectivity index (χ3n) is 6.67. The van der Waals surface area contributed by atoms with Crippen LogP contribution in [0.15, 0.2) is 47.5 Å². The van der Waals surface area contributed by atoms with Crippen LogP contribution in [0.25, 0.3) is 10.9 Å². The second kappa shape index (κ2) is 8.06. The third kappa shape index (κ3) is 3.78. The molecule has 1 aliphatic carbocycles. The van der Waals surface area contributed by atoms with Crippen molar-refractivity contribution in [1.82, 2.24) is 14.2 Å². The number of thiazole rings is 1. The van der Waals surface area contributed by atoms with Crippen LogP contribution in [0.3, 0.4) is 0 Å². The van der Waals surface area contributed by atoms with Gasteiger partial charge in [0.15, 0.2) is 10.9 Å².